The van der Waals surface area contributed by atoms with Gasteiger partial charge in [0, 0.05) is 22.3 Å². The first-order valence-corrected chi connectivity index (χ1v) is 9.71. The first-order valence-electron chi connectivity index (χ1n) is 9.33. The van der Waals surface area contributed by atoms with Crippen molar-refractivity contribution >= 4 is 29.3 Å². The molecule has 1 heterocycles. The van der Waals surface area contributed by atoms with E-state index in [0.29, 0.717) is 28.0 Å². The van der Waals surface area contributed by atoms with Gasteiger partial charge < -0.3 is 14.5 Å². The minimum absolute atomic E-state index is 0.251. The van der Waals surface area contributed by atoms with Crippen LogP contribution in [0.2, 0.25) is 5.02 Å². The third kappa shape index (κ3) is 5.19. The van der Waals surface area contributed by atoms with Gasteiger partial charge in [-0.3, -0.25) is 4.79 Å². The fourth-order valence-corrected chi connectivity index (χ4v) is 2.91. The predicted molar refractivity (Wildman–Crippen MR) is 120 cm³/mol. The first kappa shape index (κ1) is 19.6. The highest BCUT2D eigenvalue weighted by molar-refractivity contribution is 6.30. The summed E-state index contributed by atoms with van der Waals surface area (Å²) < 4.78 is 11.5. The number of carbonyl (C=O) groups excluding carboxylic acids is 1. The lowest BCUT2D eigenvalue weighted by molar-refractivity contribution is -0.111. The number of amides is 1. The van der Waals surface area contributed by atoms with Crippen LogP contribution < -0.4 is 10.1 Å². The van der Waals surface area contributed by atoms with Crippen molar-refractivity contribution in [3.63, 3.8) is 0 Å². The fourth-order valence-electron chi connectivity index (χ4n) is 2.79. The average Bonchev–Trinajstić information content (AvgIpc) is 3.25. The van der Waals surface area contributed by atoms with Crippen LogP contribution in [0.25, 0.3) is 17.4 Å². The summed E-state index contributed by atoms with van der Waals surface area (Å²) in [7, 11) is 0. The van der Waals surface area contributed by atoms with Gasteiger partial charge in [0.25, 0.3) is 0 Å². The van der Waals surface area contributed by atoms with Gasteiger partial charge in [0.2, 0.25) is 5.91 Å². The Kier molecular flexibility index (Phi) is 5.97. The van der Waals surface area contributed by atoms with E-state index in [1.54, 1.807) is 54.6 Å². The topological polar surface area (TPSA) is 51.5 Å². The zero-order chi connectivity index (χ0) is 20.8. The standard InChI is InChI=1S/C25H18ClNO3/c26-19-6-10-21(11-7-19)29-22-12-8-20(9-13-22)27-25(28)17-15-23-14-16-24(30-23)18-4-2-1-3-5-18/h1-17H,(H,27,28)/b17-15+. The molecule has 0 fully saturated rings. The summed E-state index contributed by atoms with van der Waals surface area (Å²) in [4.78, 5) is 12.2. The van der Waals surface area contributed by atoms with E-state index in [-0.39, 0.29) is 5.91 Å². The molecule has 0 spiro atoms. The normalized spacial score (nSPS) is 10.8. The van der Waals surface area contributed by atoms with E-state index in [1.165, 1.54) is 6.08 Å². The molecule has 5 heteroatoms. The zero-order valence-corrected chi connectivity index (χ0v) is 16.7. The lowest BCUT2D eigenvalue weighted by Gasteiger charge is -2.07. The molecule has 0 radical (unpaired) electrons. The van der Waals surface area contributed by atoms with Crippen LogP contribution in [0.5, 0.6) is 11.5 Å². The molecular weight excluding hydrogens is 398 g/mol. The van der Waals surface area contributed by atoms with Crippen LogP contribution in [0.4, 0.5) is 5.69 Å². The van der Waals surface area contributed by atoms with Gasteiger partial charge in [0.1, 0.15) is 23.0 Å². The van der Waals surface area contributed by atoms with Gasteiger partial charge in [-0.2, -0.15) is 0 Å². The summed E-state index contributed by atoms with van der Waals surface area (Å²) in [6.45, 7) is 0. The van der Waals surface area contributed by atoms with Crippen molar-refractivity contribution < 1.29 is 13.9 Å². The van der Waals surface area contributed by atoms with Crippen molar-refractivity contribution in [1.82, 2.24) is 0 Å². The Hall–Kier alpha value is -3.76. The largest absolute Gasteiger partial charge is 0.457 e. The maximum absolute atomic E-state index is 12.2. The van der Waals surface area contributed by atoms with Crippen molar-refractivity contribution in [3.05, 3.63) is 108 Å². The molecule has 0 bridgehead atoms. The summed E-state index contributed by atoms with van der Waals surface area (Å²) in [5, 5.41) is 3.46. The Bertz CT molecular complexity index is 1150. The number of rotatable bonds is 6. The Morgan fingerprint density at radius 3 is 2.20 bits per heavy atom. The molecule has 0 saturated heterocycles. The maximum atomic E-state index is 12.2. The lowest BCUT2D eigenvalue weighted by Crippen LogP contribution is -2.07. The number of hydrogen-bond acceptors (Lipinski definition) is 3. The third-order valence-electron chi connectivity index (χ3n) is 4.26. The lowest BCUT2D eigenvalue weighted by atomic mass is 10.2. The highest BCUT2D eigenvalue weighted by Crippen LogP contribution is 2.25. The molecule has 4 nitrogen and oxygen atoms in total. The van der Waals surface area contributed by atoms with Gasteiger partial charge in [-0.15, -0.1) is 0 Å². The van der Waals surface area contributed by atoms with Crippen LogP contribution in [0.15, 0.2) is 101 Å². The summed E-state index contributed by atoms with van der Waals surface area (Å²) in [5.41, 5.74) is 1.65. The number of halogens is 1. The highest BCUT2D eigenvalue weighted by atomic mass is 35.5. The summed E-state index contributed by atoms with van der Waals surface area (Å²) in [6, 6.07) is 27.7. The monoisotopic (exact) mass is 415 g/mol. The molecule has 30 heavy (non-hydrogen) atoms. The molecule has 4 rings (SSSR count). The van der Waals surface area contributed by atoms with Crippen LogP contribution in [-0.4, -0.2) is 5.91 Å². The second kappa shape index (κ2) is 9.16. The smallest absolute Gasteiger partial charge is 0.248 e. The van der Waals surface area contributed by atoms with E-state index in [0.717, 1.165) is 11.3 Å². The number of carbonyl (C=O) groups is 1. The second-order valence-corrected chi connectivity index (χ2v) is 6.91. The van der Waals surface area contributed by atoms with Crippen molar-refractivity contribution in [1.29, 1.82) is 0 Å². The van der Waals surface area contributed by atoms with Gasteiger partial charge in [-0.05, 0) is 66.7 Å². The van der Waals surface area contributed by atoms with Gasteiger partial charge in [0.05, 0.1) is 0 Å². The van der Waals surface area contributed by atoms with E-state index in [2.05, 4.69) is 5.32 Å². The van der Waals surface area contributed by atoms with Crippen LogP contribution in [0, 0.1) is 0 Å². The molecule has 0 aliphatic heterocycles. The Labute approximate surface area is 179 Å². The quantitative estimate of drug-likeness (QED) is 0.343. The summed E-state index contributed by atoms with van der Waals surface area (Å²) in [6.07, 6.45) is 3.07. The van der Waals surface area contributed by atoms with E-state index in [1.807, 2.05) is 42.5 Å². The highest BCUT2D eigenvalue weighted by Gasteiger charge is 2.04. The summed E-state index contributed by atoms with van der Waals surface area (Å²) in [5.74, 6) is 2.46. The van der Waals surface area contributed by atoms with Crippen molar-refractivity contribution in [2.24, 2.45) is 0 Å². The Balaban J connectivity index is 1.33. The van der Waals surface area contributed by atoms with Gasteiger partial charge in [-0.25, -0.2) is 0 Å². The molecule has 0 aliphatic carbocycles. The zero-order valence-electron chi connectivity index (χ0n) is 15.9. The average molecular weight is 416 g/mol. The van der Waals surface area contributed by atoms with Gasteiger partial charge >= 0.3 is 0 Å². The number of furan rings is 1. The molecule has 0 saturated carbocycles. The number of ether oxygens (including phenoxy) is 1. The molecule has 148 valence electrons. The van der Waals surface area contributed by atoms with Crippen molar-refractivity contribution in [2.45, 2.75) is 0 Å². The predicted octanol–water partition coefficient (Wildman–Crippen LogP) is 7.04. The second-order valence-electron chi connectivity index (χ2n) is 6.47. The first-order chi connectivity index (χ1) is 14.7. The van der Waals surface area contributed by atoms with Crippen LogP contribution >= 0.6 is 11.6 Å². The molecule has 1 aromatic heterocycles. The fraction of sp³-hybridized carbons (Fsp3) is 0. The molecular formula is C25H18ClNO3. The Morgan fingerprint density at radius 1 is 0.833 bits per heavy atom. The van der Waals surface area contributed by atoms with E-state index in [9.17, 15) is 4.79 Å². The minimum Gasteiger partial charge on any atom is -0.457 e. The van der Waals surface area contributed by atoms with Gasteiger partial charge in [0.15, 0.2) is 0 Å². The van der Waals surface area contributed by atoms with E-state index < -0.39 is 0 Å². The molecule has 1 amide bonds. The van der Waals surface area contributed by atoms with Crippen LogP contribution in [-0.2, 0) is 4.79 Å². The third-order valence-corrected chi connectivity index (χ3v) is 4.51. The molecule has 3 aromatic carbocycles. The molecule has 0 aliphatic rings. The molecule has 4 aromatic rings. The SMILES string of the molecule is O=C(/C=C/c1ccc(-c2ccccc2)o1)Nc1ccc(Oc2ccc(Cl)cc2)cc1. The number of hydrogen-bond donors (Lipinski definition) is 1. The van der Waals surface area contributed by atoms with Crippen LogP contribution in [0.3, 0.4) is 0 Å². The van der Waals surface area contributed by atoms with E-state index >= 15 is 0 Å². The Morgan fingerprint density at radius 2 is 1.50 bits per heavy atom. The number of benzene rings is 3. The van der Waals surface area contributed by atoms with Crippen molar-refractivity contribution in [3.8, 4) is 22.8 Å². The van der Waals surface area contributed by atoms with Crippen LogP contribution in [0.1, 0.15) is 5.76 Å². The number of anilines is 1. The molecule has 1 N–H and O–H groups in total. The summed E-state index contributed by atoms with van der Waals surface area (Å²) >= 11 is 5.87. The van der Waals surface area contributed by atoms with E-state index in [4.69, 9.17) is 20.8 Å². The maximum Gasteiger partial charge on any atom is 0.248 e. The van der Waals surface area contributed by atoms with Gasteiger partial charge in [-0.1, -0.05) is 41.9 Å². The number of nitrogens with one attached hydrogen (secondary N) is 1. The molecule has 0 atom stereocenters. The minimum atomic E-state index is -0.251. The molecule has 0 unspecified atom stereocenters. The van der Waals surface area contributed by atoms with Crippen molar-refractivity contribution in [2.75, 3.05) is 5.32 Å².